The van der Waals surface area contributed by atoms with Crippen LogP contribution in [-0.2, 0) is 0 Å². The van der Waals surface area contributed by atoms with Crippen LogP contribution in [0.15, 0.2) is 36.5 Å². The molecule has 0 fully saturated rings. The minimum absolute atomic E-state index is 0.198. The maximum absolute atomic E-state index is 12.2. The van der Waals surface area contributed by atoms with Crippen LogP contribution >= 0.6 is 0 Å². The number of hydrogen-bond donors (Lipinski definition) is 1. The van der Waals surface area contributed by atoms with E-state index in [9.17, 15) is 4.79 Å². The van der Waals surface area contributed by atoms with Crippen molar-refractivity contribution in [3.8, 4) is 0 Å². The van der Waals surface area contributed by atoms with Gasteiger partial charge in [0.05, 0.1) is 5.52 Å². The number of aromatic nitrogens is 1. The molecule has 1 aromatic carbocycles. The second kappa shape index (κ2) is 6.43. The van der Waals surface area contributed by atoms with E-state index >= 15 is 0 Å². The Bertz CT molecular complexity index is 558. The normalized spacial score (nSPS) is 11.1. The van der Waals surface area contributed by atoms with Crippen LogP contribution in [0.3, 0.4) is 0 Å². The van der Waals surface area contributed by atoms with E-state index in [0.717, 1.165) is 29.4 Å². The van der Waals surface area contributed by atoms with Crippen LogP contribution in [0.1, 0.15) is 37.0 Å². The highest BCUT2D eigenvalue weighted by Gasteiger charge is 2.09. The molecule has 0 aliphatic carbocycles. The third-order valence-corrected chi connectivity index (χ3v) is 3.08. The Balaban J connectivity index is 2.05. The van der Waals surface area contributed by atoms with Crippen molar-refractivity contribution in [2.75, 3.05) is 6.54 Å². The molecule has 0 saturated carbocycles. The molecule has 0 atom stereocenters. The monoisotopic (exact) mass is 256 g/mol. The average molecular weight is 256 g/mol. The third-order valence-electron chi connectivity index (χ3n) is 3.08. The van der Waals surface area contributed by atoms with E-state index in [1.165, 1.54) is 0 Å². The predicted molar refractivity (Wildman–Crippen MR) is 78.4 cm³/mol. The molecule has 2 aromatic rings. The molecule has 1 aromatic heterocycles. The van der Waals surface area contributed by atoms with Crippen LogP contribution in [0.4, 0.5) is 0 Å². The average Bonchev–Trinajstić information content (AvgIpc) is 2.42. The molecule has 0 unspecified atom stereocenters. The van der Waals surface area contributed by atoms with Crippen LogP contribution in [0.5, 0.6) is 0 Å². The van der Waals surface area contributed by atoms with Gasteiger partial charge in [0.1, 0.15) is 0 Å². The second-order valence-electron chi connectivity index (χ2n) is 5.01. The smallest absolute Gasteiger partial charge is 0.163 e. The summed E-state index contributed by atoms with van der Waals surface area (Å²) in [5, 5.41) is 4.28. The Morgan fingerprint density at radius 2 is 2.11 bits per heavy atom. The minimum Gasteiger partial charge on any atom is -0.315 e. The largest absolute Gasteiger partial charge is 0.315 e. The van der Waals surface area contributed by atoms with Crippen LogP contribution in [0.2, 0.25) is 0 Å². The molecule has 0 radical (unpaired) electrons. The van der Waals surface area contributed by atoms with E-state index in [1.54, 1.807) is 6.20 Å². The first-order valence-corrected chi connectivity index (χ1v) is 6.79. The van der Waals surface area contributed by atoms with E-state index in [1.807, 2.05) is 30.3 Å². The van der Waals surface area contributed by atoms with E-state index in [0.29, 0.717) is 12.5 Å². The Kier molecular flexibility index (Phi) is 4.63. The summed E-state index contributed by atoms with van der Waals surface area (Å²) in [5.74, 6) is 0.198. The SMILES string of the molecule is CC(C)NCCCC(=O)c1cccc2ncccc12. The lowest BCUT2D eigenvalue weighted by molar-refractivity contribution is 0.0981. The first-order valence-electron chi connectivity index (χ1n) is 6.79. The van der Waals surface area contributed by atoms with Gasteiger partial charge in [-0.2, -0.15) is 0 Å². The molecule has 3 nitrogen and oxygen atoms in total. The summed E-state index contributed by atoms with van der Waals surface area (Å²) in [6, 6.07) is 10.0. The third kappa shape index (κ3) is 3.61. The summed E-state index contributed by atoms with van der Waals surface area (Å²) >= 11 is 0. The zero-order valence-corrected chi connectivity index (χ0v) is 11.5. The van der Waals surface area contributed by atoms with Gasteiger partial charge in [0.15, 0.2) is 5.78 Å². The van der Waals surface area contributed by atoms with Crippen LogP contribution in [-0.4, -0.2) is 23.4 Å². The van der Waals surface area contributed by atoms with Gasteiger partial charge in [-0.25, -0.2) is 0 Å². The van der Waals surface area contributed by atoms with Gasteiger partial charge in [0.2, 0.25) is 0 Å². The second-order valence-corrected chi connectivity index (χ2v) is 5.01. The quantitative estimate of drug-likeness (QED) is 0.637. The Hall–Kier alpha value is -1.74. The molecule has 0 saturated heterocycles. The van der Waals surface area contributed by atoms with Gasteiger partial charge >= 0.3 is 0 Å². The fraction of sp³-hybridized carbons (Fsp3) is 0.375. The number of Topliss-reactive ketones (excluding diaryl/α,β-unsaturated/α-hetero) is 1. The van der Waals surface area contributed by atoms with Crippen molar-refractivity contribution in [3.63, 3.8) is 0 Å². The first kappa shape index (κ1) is 13.7. The summed E-state index contributed by atoms with van der Waals surface area (Å²) in [4.78, 5) is 16.5. The van der Waals surface area contributed by atoms with Crippen molar-refractivity contribution in [2.45, 2.75) is 32.7 Å². The number of rotatable bonds is 6. The molecule has 100 valence electrons. The van der Waals surface area contributed by atoms with Crippen molar-refractivity contribution >= 4 is 16.7 Å². The zero-order chi connectivity index (χ0) is 13.7. The number of benzene rings is 1. The summed E-state index contributed by atoms with van der Waals surface area (Å²) in [6.45, 7) is 5.10. The van der Waals surface area contributed by atoms with Crippen molar-refractivity contribution < 1.29 is 4.79 Å². The highest BCUT2D eigenvalue weighted by Crippen LogP contribution is 2.18. The lowest BCUT2D eigenvalue weighted by Crippen LogP contribution is -2.24. The van der Waals surface area contributed by atoms with Gasteiger partial charge in [-0.3, -0.25) is 9.78 Å². The van der Waals surface area contributed by atoms with Gasteiger partial charge < -0.3 is 5.32 Å². The molecule has 1 N–H and O–H groups in total. The summed E-state index contributed by atoms with van der Waals surface area (Å²) in [6.07, 6.45) is 3.20. The fourth-order valence-corrected chi connectivity index (χ4v) is 2.12. The number of hydrogen-bond acceptors (Lipinski definition) is 3. The lowest BCUT2D eigenvalue weighted by atomic mass is 10.0. The summed E-state index contributed by atoms with van der Waals surface area (Å²) in [5.41, 5.74) is 1.67. The lowest BCUT2D eigenvalue weighted by Gasteiger charge is -2.08. The minimum atomic E-state index is 0.198. The van der Waals surface area contributed by atoms with E-state index < -0.39 is 0 Å². The Morgan fingerprint density at radius 3 is 2.89 bits per heavy atom. The van der Waals surface area contributed by atoms with Gasteiger partial charge in [0, 0.05) is 29.6 Å². The molecule has 2 rings (SSSR count). The summed E-state index contributed by atoms with van der Waals surface area (Å²) in [7, 11) is 0. The number of nitrogens with zero attached hydrogens (tertiary/aromatic N) is 1. The maximum atomic E-state index is 12.2. The maximum Gasteiger partial charge on any atom is 0.163 e. The molecular formula is C16H20N2O. The molecule has 0 amide bonds. The molecule has 19 heavy (non-hydrogen) atoms. The standard InChI is InChI=1S/C16H20N2O/c1-12(2)17-10-5-9-16(19)14-6-3-8-15-13(14)7-4-11-18-15/h3-4,6-8,11-12,17H,5,9-10H2,1-2H3. The number of carbonyl (C=O) groups is 1. The molecule has 1 heterocycles. The highest BCUT2D eigenvalue weighted by atomic mass is 16.1. The van der Waals surface area contributed by atoms with Gasteiger partial charge in [-0.15, -0.1) is 0 Å². The molecule has 0 aliphatic rings. The van der Waals surface area contributed by atoms with E-state index in [2.05, 4.69) is 24.1 Å². The number of nitrogens with one attached hydrogen (secondary N) is 1. The Labute approximate surface area is 114 Å². The summed E-state index contributed by atoms with van der Waals surface area (Å²) < 4.78 is 0. The van der Waals surface area contributed by atoms with Crippen molar-refractivity contribution in [1.82, 2.24) is 10.3 Å². The fourth-order valence-electron chi connectivity index (χ4n) is 2.12. The number of fused-ring (bicyclic) bond motifs is 1. The van der Waals surface area contributed by atoms with Gasteiger partial charge in [0.25, 0.3) is 0 Å². The predicted octanol–water partition coefficient (Wildman–Crippen LogP) is 3.20. The topological polar surface area (TPSA) is 42.0 Å². The zero-order valence-electron chi connectivity index (χ0n) is 11.5. The molecule has 3 heteroatoms. The first-order chi connectivity index (χ1) is 9.18. The van der Waals surface area contributed by atoms with Crippen LogP contribution < -0.4 is 5.32 Å². The Morgan fingerprint density at radius 1 is 1.26 bits per heavy atom. The van der Waals surface area contributed by atoms with Gasteiger partial charge in [-0.05, 0) is 25.1 Å². The van der Waals surface area contributed by atoms with E-state index in [-0.39, 0.29) is 5.78 Å². The molecule has 0 aliphatic heterocycles. The van der Waals surface area contributed by atoms with Crippen LogP contribution in [0.25, 0.3) is 10.9 Å². The number of pyridine rings is 1. The highest BCUT2D eigenvalue weighted by molar-refractivity contribution is 6.07. The van der Waals surface area contributed by atoms with Crippen LogP contribution in [0, 0.1) is 0 Å². The van der Waals surface area contributed by atoms with Crippen molar-refractivity contribution in [2.24, 2.45) is 0 Å². The van der Waals surface area contributed by atoms with E-state index in [4.69, 9.17) is 0 Å². The van der Waals surface area contributed by atoms with Gasteiger partial charge in [-0.1, -0.05) is 32.0 Å². The molecular weight excluding hydrogens is 236 g/mol. The van der Waals surface area contributed by atoms with Crippen molar-refractivity contribution in [3.05, 3.63) is 42.1 Å². The number of carbonyl (C=O) groups excluding carboxylic acids is 1. The molecule has 0 spiro atoms. The molecule has 0 bridgehead atoms. The van der Waals surface area contributed by atoms with Crippen molar-refractivity contribution in [1.29, 1.82) is 0 Å². The number of ketones is 1.